The predicted octanol–water partition coefficient (Wildman–Crippen LogP) is 2.38. The van der Waals surface area contributed by atoms with Crippen molar-refractivity contribution in [3.8, 4) is 0 Å². The molecule has 0 aromatic carbocycles. The second-order valence-electron chi connectivity index (χ2n) is 4.27. The molecule has 0 spiro atoms. The van der Waals surface area contributed by atoms with Gasteiger partial charge in [-0.2, -0.15) is 18.3 Å². The molecule has 0 saturated carbocycles. The molecule has 0 atom stereocenters. The summed E-state index contributed by atoms with van der Waals surface area (Å²) in [6.07, 6.45) is -0.895. The van der Waals surface area contributed by atoms with Crippen LogP contribution in [0.15, 0.2) is 18.5 Å². The van der Waals surface area contributed by atoms with Gasteiger partial charge in [0.15, 0.2) is 5.82 Å². The summed E-state index contributed by atoms with van der Waals surface area (Å²) >= 11 is 0. The van der Waals surface area contributed by atoms with Crippen molar-refractivity contribution in [1.29, 1.82) is 0 Å². The van der Waals surface area contributed by atoms with E-state index in [0.717, 1.165) is 37.5 Å². The fourth-order valence-corrected chi connectivity index (χ4v) is 1.97. The molecule has 0 saturated heterocycles. The van der Waals surface area contributed by atoms with Gasteiger partial charge in [0, 0.05) is 30.7 Å². The largest absolute Gasteiger partial charge is 0.419 e. The molecule has 3 rings (SSSR count). The Labute approximate surface area is 106 Å². The highest BCUT2D eigenvalue weighted by molar-refractivity contribution is 5.48. The third kappa shape index (κ3) is 2.38. The molecule has 1 aliphatic rings. The van der Waals surface area contributed by atoms with Crippen LogP contribution in [0.25, 0.3) is 0 Å². The van der Waals surface area contributed by atoms with Gasteiger partial charge in [-0.1, -0.05) is 0 Å². The van der Waals surface area contributed by atoms with Gasteiger partial charge in [0.05, 0.1) is 5.56 Å². The van der Waals surface area contributed by atoms with E-state index in [2.05, 4.69) is 20.4 Å². The smallest absolute Gasteiger partial charge is 0.307 e. The summed E-state index contributed by atoms with van der Waals surface area (Å²) in [5.74, 6) is 0.652. The van der Waals surface area contributed by atoms with E-state index in [1.807, 2.05) is 10.7 Å². The van der Waals surface area contributed by atoms with Crippen LogP contribution in [-0.4, -0.2) is 19.7 Å². The van der Waals surface area contributed by atoms with E-state index in [9.17, 15) is 13.2 Å². The quantitative estimate of drug-likeness (QED) is 0.909. The van der Waals surface area contributed by atoms with Crippen molar-refractivity contribution in [3.05, 3.63) is 29.7 Å². The lowest BCUT2D eigenvalue weighted by atomic mass is 10.3. The monoisotopic (exact) mass is 269 g/mol. The average Bonchev–Trinajstić information content (AvgIpc) is 2.89. The van der Waals surface area contributed by atoms with Crippen LogP contribution < -0.4 is 5.32 Å². The zero-order valence-electron chi connectivity index (χ0n) is 9.78. The first-order valence-electron chi connectivity index (χ1n) is 5.75. The minimum absolute atomic E-state index is 0.102. The lowest BCUT2D eigenvalue weighted by molar-refractivity contribution is -0.138. The molecule has 2 aromatic heterocycles. The molecule has 100 valence electrons. The fraction of sp³-hybridized carbons (Fsp3) is 0.364. The summed E-state index contributed by atoms with van der Waals surface area (Å²) in [4.78, 5) is 7.26. The van der Waals surface area contributed by atoms with Gasteiger partial charge in [-0.05, 0) is 12.8 Å². The number of aryl methyl sites for hydroxylation is 2. The fourth-order valence-electron chi connectivity index (χ4n) is 1.97. The van der Waals surface area contributed by atoms with E-state index >= 15 is 0 Å². The van der Waals surface area contributed by atoms with E-state index in [0.29, 0.717) is 5.82 Å². The van der Waals surface area contributed by atoms with Gasteiger partial charge in [0.25, 0.3) is 0 Å². The minimum Gasteiger partial charge on any atom is -0.307 e. The van der Waals surface area contributed by atoms with Gasteiger partial charge in [-0.25, -0.2) is 9.97 Å². The topological polar surface area (TPSA) is 55.6 Å². The lowest BCUT2D eigenvalue weighted by Gasteiger charge is -2.06. The second-order valence-corrected chi connectivity index (χ2v) is 4.27. The summed E-state index contributed by atoms with van der Waals surface area (Å²) in [6.45, 7) is 0.866. The van der Waals surface area contributed by atoms with E-state index in [1.54, 1.807) is 0 Å². The Morgan fingerprint density at radius 1 is 1.21 bits per heavy atom. The molecular weight excluding hydrogens is 259 g/mol. The highest BCUT2D eigenvalue weighted by Gasteiger charge is 2.31. The second kappa shape index (κ2) is 4.22. The maximum Gasteiger partial charge on any atom is 0.419 e. The third-order valence-corrected chi connectivity index (χ3v) is 2.89. The van der Waals surface area contributed by atoms with Gasteiger partial charge in [0.2, 0.25) is 5.95 Å². The van der Waals surface area contributed by atoms with Crippen molar-refractivity contribution >= 4 is 11.8 Å². The summed E-state index contributed by atoms with van der Waals surface area (Å²) < 4.78 is 38.9. The lowest BCUT2D eigenvalue weighted by Crippen LogP contribution is -2.07. The van der Waals surface area contributed by atoms with E-state index in [-0.39, 0.29) is 5.95 Å². The molecule has 8 heteroatoms. The van der Waals surface area contributed by atoms with Gasteiger partial charge >= 0.3 is 6.18 Å². The van der Waals surface area contributed by atoms with Gasteiger partial charge in [-0.3, -0.25) is 4.68 Å². The van der Waals surface area contributed by atoms with Crippen LogP contribution in [0.4, 0.5) is 24.9 Å². The first-order chi connectivity index (χ1) is 9.02. The van der Waals surface area contributed by atoms with Crippen LogP contribution in [0.1, 0.15) is 17.7 Å². The molecule has 1 N–H and O–H groups in total. The summed E-state index contributed by atoms with van der Waals surface area (Å²) in [5.41, 5.74) is 0.236. The summed E-state index contributed by atoms with van der Waals surface area (Å²) in [7, 11) is 0. The Hall–Kier alpha value is -2.12. The standard InChI is InChI=1S/C11H10F3N5/c12-11(13,14)7-5-15-10(16-6-7)17-9-4-8-2-1-3-19(8)18-9/h4-6H,1-3H2,(H,15,16,17,18). The van der Waals surface area contributed by atoms with Crippen LogP contribution in [-0.2, 0) is 19.1 Å². The molecule has 3 heterocycles. The minimum atomic E-state index is -4.42. The number of nitrogens with zero attached hydrogens (tertiary/aromatic N) is 4. The van der Waals surface area contributed by atoms with E-state index in [4.69, 9.17) is 0 Å². The highest BCUT2D eigenvalue weighted by atomic mass is 19.4. The zero-order chi connectivity index (χ0) is 13.5. The zero-order valence-corrected chi connectivity index (χ0v) is 9.78. The van der Waals surface area contributed by atoms with Crippen LogP contribution in [0.5, 0.6) is 0 Å². The Morgan fingerprint density at radius 2 is 1.95 bits per heavy atom. The number of nitrogens with one attached hydrogen (secondary N) is 1. The van der Waals surface area contributed by atoms with Crippen LogP contribution in [0.3, 0.4) is 0 Å². The maximum absolute atomic E-state index is 12.3. The number of alkyl halides is 3. The van der Waals surface area contributed by atoms with E-state index in [1.165, 1.54) is 0 Å². The maximum atomic E-state index is 12.3. The summed E-state index contributed by atoms with van der Waals surface area (Å²) in [6, 6.07) is 1.86. The average molecular weight is 269 g/mol. The summed E-state index contributed by atoms with van der Waals surface area (Å²) in [5, 5.41) is 7.05. The van der Waals surface area contributed by atoms with Gasteiger partial charge in [0.1, 0.15) is 0 Å². The molecule has 19 heavy (non-hydrogen) atoms. The van der Waals surface area contributed by atoms with Crippen molar-refractivity contribution in [1.82, 2.24) is 19.7 Å². The molecule has 0 aliphatic carbocycles. The Kier molecular flexibility index (Phi) is 2.65. The van der Waals surface area contributed by atoms with Crippen LogP contribution in [0.2, 0.25) is 0 Å². The number of hydrogen-bond donors (Lipinski definition) is 1. The molecule has 1 aliphatic heterocycles. The van der Waals surface area contributed by atoms with Crippen molar-refractivity contribution in [3.63, 3.8) is 0 Å². The number of anilines is 2. The number of aromatic nitrogens is 4. The van der Waals surface area contributed by atoms with Crippen molar-refractivity contribution in [2.75, 3.05) is 5.32 Å². The number of fused-ring (bicyclic) bond motifs is 1. The van der Waals surface area contributed by atoms with Gasteiger partial charge in [-0.15, -0.1) is 0 Å². The first kappa shape index (κ1) is 11.9. The van der Waals surface area contributed by atoms with E-state index < -0.39 is 11.7 Å². The molecule has 0 radical (unpaired) electrons. The molecule has 0 bridgehead atoms. The first-order valence-corrected chi connectivity index (χ1v) is 5.75. The van der Waals surface area contributed by atoms with Crippen LogP contribution in [0, 0.1) is 0 Å². The number of rotatable bonds is 2. The van der Waals surface area contributed by atoms with Gasteiger partial charge < -0.3 is 5.32 Å². The molecule has 0 amide bonds. The number of hydrogen-bond acceptors (Lipinski definition) is 4. The molecule has 5 nitrogen and oxygen atoms in total. The Bertz CT molecular complexity index is 566. The number of halogens is 3. The molecule has 0 fully saturated rings. The van der Waals surface area contributed by atoms with Crippen molar-refractivity contribution < 1.29 is 13.2 Å². The highest BCUT2D eigenvalue weighted by Crippen LogP contribution is 2.28. The SMILES string of the molecule is FC(F)(F)c1cnc(Nc2cc3n(n2)CCC3)nc1. The molecule has 0 unspecified atom stereocenters. The predicted molar refractivity (Wildman–Crippen MR) is 60.9 cm³/mol. The van der Waals surface area contributed by atoms with Crippen LogP contribution >= 0.6 is 0 Å². The normalized spacial score (nSPS) is 14.5. The van der Waals surface area contributed by atoms with Crippen molar-refractivity contribution in [2.45, 2.75) is 25.6 Å². The molecule has 2 aromatic rings. The van der Waals surface area contributed by atoms with Crippen molar-refractivity contribution in [2.24, 2.45) is 0 Å². The Balaban J connectivity index is 1.76. The molecular formula is C11H10F3N5. The third-order valence-electron chi connectivity index (χ3n) is 2.89. The Morgan fingerprint density at radius 3 is 2.58 bits per heavy atom.